The van der Waals surface area contributed by atoms with Crippen LogP contribution >= 0.6 is 0 Å². The Morgan fingerprint density at radius 2 is 2.00 bits per heavy atom. The van der Waals surface area contributed by atoms with Gasteiger partial charge >= 0.3 is 6.18 Å². The zero-order chi connectivity index (χ0) is 21.3. The van der Waals surface area contributed by atoms with E-state index in [-0.39, 0.29) is 5.95 Å². The number of hydrogen-bond acceptors (Lipinski definition) is 6. The van der Waals surface area contributed by atoms with Crippen molar-refractivity contribution in [3.63, 3.8) is 0 Å². The zero-order valence-corrected chi connectivity index (χ0v) is 16.8. The van der Waals surface area contributed by atoms with Crippen molar-refractivity contribution < 1.29 is 17.9 Å². The first-order valence-electron chi connectivity index (χ1n) is 9.71. The molecule has 0 unspecified atom stereocenters. The predicted octanol–water partition coefficient (Wildman–Crippen LogP) is 3.62. The minimum absolute atomic E-state index is 0.0232. The average Bonchev–Trinajstić information content (AvgIpc) is 3.04. The molecule has 1 aliphatic rings. The highest BCUT2D eigenvalue weighted by molar-refractivity contribution is 5.87. The van der Waals surface area contributed by atoms with Gasteiger partial charge in [-0.15, -0.1) is 0 Å². The molecule has 1 N–H and O–H groups in total. The van der Waals surface area contributed by atoms with Crippen molar-refractivity contribution in [2.24, 2.45) is 7.05 Å². The van der Waals surface area contributed by atoms with Gasteiger partial charge in [-0.25, -0.2) is 15.0 Å². The van der Waals surface area contributed by atoms with Crippen LogP contribution in [0.25, 0.3) is 22.3 Å². The third-order valence-electron chi connectivity index (χ3n) is 5.16. The quantitative estimate of drug-likeness (QED) is 0.680. The van der Waals surface area contributed by atoms with Gasteiger partial charge in [0.2, 0.25) is 5.95 Å². The molecular weight excluding hydrogens is 397 g/mol. The summed E-state index contributed by atoms with van der Waals surface area (Å²) in [6.45, 7) is 0.372. The fourth-order valence-corrected chi connectivity index (χ4v) is 3.62. The first kappa shape index (κ1) is 20.4. The summed E-state index contributed by atoms with van der Waals surface area (Å²) in [5.41, 5.74) is 2.28. The minimum atomic E-state index is -4.33. The number of rotatable bonds is 5. The van der Waals surface area contributed by atoms with E-state index in [1.807, 2.05) is 23.7 Å². The van der Waals surface area contributed by atoms with Crippen LogP contribution in [0.5, 0.6) is 0 Å². The summed E-state index contributed by atoms with van der Waals surface area (Å²) >= 11 is 0. The number of halogens is 3. The second kappa shape index (κ2) is 8.10. The summed E-state index contributed by atoms with van der Waals surface area (Å²) < 4.78 is 45.5. The minimum Gasteiger partial charge on any atom is -0.381 e. The first-order valence-corrected chi connectivity index (χ1v) is 9.71. The van der Waals surface area contributed by atoms with Crippen LogP contribution in [-0.2, 0) is 11.8 Å². The van der Waals surface area contributed by atoms with Crippen LogP contribution in [0.2, 0.25) is 0 Å². The van der Waals surface area contributed by atoms with Crippen LogP contribution in [0.1, 0.15) is 12.8 Å². The molecule has 1 saturated heterocycles. The second-order valence-electron chi connectivity index (χ2n) is 7.46. The highest BCUT2D eigenvalue weighted by atomic mass is 19.4. The number of nitrogens with one attached hydrogen (secondary N) is 1. The number of nitrogens with zero attached hydrogens (tertiary/aromatic N) is 5. The molecule has 4 rings (SSSR count). The lowest BCUT2D eigenvalue weighted by atomic mass is 10.1. The fraction of sp³-hybridized carbons (Fsp3) is 0.450. The Balaban J connectivity index is 1.61. The Morgan fingerprint density at radius 1 is 1.23 bits per heavy atom. The van der Waals surface area contributed by atoms with E-state index in [1.165, 1.54) is 13.2 Å². The number of pyridine rings is 1. The van der Waals surface area contributed by atoms with Crippen molar-refractivity contribution in [3.05, 3.63) is 30.6 Å². The topological polar surface area (TPSA) is 68.1 Å². The van der Waals surface area contributed by atoms with Crippen LogP contribution in [0.15, 0.2) is 30.6 Å². The van der Waals surface area contributed by atoms with Gasteiger partial charge in [-0.3, -0.25) is 0 Å². The molecule has 0 spiro atoms. The van der Waals surface area contributed by atoms with Gasteiger partial charge in [-0.05, 0) is 25.0 Å². The van der Waals surface area contributed by atoms with Crippen molar-refractivity contribution >= 4 is 22.7 Å². The van der Waals surface area contributed by atoms with Gasteiger partial charge in [0, 0.05) is 57.2 Å². The Bertz CT molecular complexity index is 1030. The smallest absolute Gasteiger partial charge is 0.381 e. The lowest BCUT2D eigenvalue weighted by molar-refractivity contribution is -0.119. The average molecular weight is 420 g/mol. The molecule has 0 atom stereocenters. The molecule has 3 aromatic heterocycles. The van der Waals surface area contributed by atoms with E-state index in [1.54, 1.807) is 12.3 Å². The lowest BCUT2D eigenvalue weighted by Crippen LogP contribution is -2.32. The summed E-state index contributed by atoms with van der Waals surface area (Å²) in [6, 6.07) is 5.92. The Hall–Kier alpha value is -2.88. The predicted molar refractivity (Wildman–Crippen MR) is 109 cm³/mol. The van der Waals surface area contributed by atoms with Crippen molar-refractivity contribution in [3.8, 4) is 11.4 Å². The van der Waals surface area contributed by atoms with E-state index in [2.05, 4.69) is 20.3 Å². The maximum absolute atomic E-state index is 12.7. The number of alkyl halides is 3. The fourth-order valence-electron chi connectivity index (χ4n) is 3.62. The molecule has 0 bridgehead atoms. The normalized spacial score (nSPS) is 15.5. The number of anilines is 2. The van der Waals surface area contributed by atoms with Crippen LogP contribution in [0.3, 0.4) is 0 Å². The molecule has 0 radical (unpaired) electrons. The van der Waals surface area contributed by atoms with E-state index < -0.39 is 12.7 Å². The van der Waals surface area contributed by atoms with Crippen LogP contribution in [0, 0.1) is 0 Å². The maximum Gasteiger partial charge on any atom is 0.406 e. The standard InChI is InChI=1S/C20H23F3N6O/c1-28(12-20(21,22)23)19-24-6-3-15(27-19)17-9-13-11-25-18(10-16(13)29(17)2)26-14-4-7-30-8-5-14/h3,6,9-11,14H,4-5,7-8,12H2,1-2H3,(H,25,26). The monoisotopic (exact) mass is 420 g/mol. The second-order valence-corrected chi connectivity index (χ2v) is 7.46. The summed E-state index contributed by atoms with van der Waals surface area (Å²) in [7, 11) is 3.23. The van der Waals surface area contributed by atoms with E-state index in [0.29, 0.717) is 11.7 Å². The molecule has 1 fully saturated rings. The zero-order valence-electron chi connectivity index (χ0n) is 16.8. The Morgan fingerprint density at radius 3 is 2.73 bits per heavy atom. The highest BCUT2D eigenvalue weighted by Gasteiger charge is 2.30. The van der Waals surface area contributed by atoms with E-state index >= 15 is 0 Å². The Labute approximate surface area is 171 Å². The van der Waals surface area contributed by atoms with Crippen molar-refractivity contribution in [2.45, 2.75) is 25.1 Å². The molecule has 1 aliphatic heterocycles. The molecule has 3 aromatic rings. The highest BCUT2D eigenvalue weighted by Crippen LogP contribution is 2.28. The van der Waals surface area contributed by atoms with Gasteiger partial charge in [-0.1, -0.05) is 0 Å². The summed E-state index contributed by atoms with van der Waals surface area (Å²) in [4.78, 5) is 13.8. The molecule has 0 aliphatic carbocycles. The third-order valence-corrected chi connectivity index (χ3v) is 5.16. The van der Waals surface area contributed by atoms with E-state index in [0.717, 1.165) is 53.4 Å². The number of hydrogen-bond donors (Lipinski definition) is 1. The summed E-state index contributed by atoms with van der Waals surface area (Å²) in [5, 5.41) is 4.38. The molecule has 10 heteroatoms. The first-order chi connectivity index (χ1) is 14.3. The number of ether oxygens (including phenoxy) is 1. The molecule has 0 saturated carbocycles. The summed E-state index contributed by atoms with van der Waals surface area (Å²) in [6.07, 6.45) is 0.810. The molecule has 4 heterocycles. The third kappa shape index (κ3) is 4.48. The maximum atomic E-state index is 12.7. The van der Waals surface area contributed by atoms with Crippen LogP contribution < -0.4 is 10.2 Å². The number of aryl methyl sites for hydroxylation is 1. The van der Waals surface area contributed by atoms with Gasteiger partial charge in [0.15, 0.2) is 0 Å². The van der Waals surface area contributed by atoms with Gasteiger partial charge in [0.25, 0.3) is 0 Å². The van der Waals surface area contributed by atoms with Crippen molar-refractivity contribution in [2.75, 3.05) is 37.0 Å². The molecule has 0 aromatic carbocycles. The number of fused-ring (bicyclic) bond motifs is 1. The molecule has 7 nitrogen and oxygen atoms in total. The van der Waals surface area contributed by atoms with E-state index in [9.17, 15) is 13.2 Å². The SMILES string of the molecule is CN(CC(F)(F)F)c1nccc(-c2cc3cnc(NC4CCOCC4)cc3n2C)n1. The Kier molecular flexibility index (Phi) is 5.50. The van der Waals surface area contributed by atoms with E-state index in [4.69, 9.17) is 4.74 Å². The van der Waals surface area contributed by atoms with Gasteiger partial charge in [-0.2, -0.15) is 13.2 Å². The summed E-state index contributed by atoms with van der Waals surface area (Å²) in [5.74, 6) is 0.811. The number of aromatic nitrogens is 4. The van der Waals surface area contributed by atoms with Crippen molar-refractivity contribution in [1.82, 2.24) is 19.5 Å². The van der Waals surface area contributed by atoms with Crippen molar-refractivity contribution in [1.29, 1.82) is 0 Å². The van der Waals surface area contributed by atoms with Gasteiger partial charge < -0.3 is 19.5 Å². The lowest BCUT2D eigenvalue weighted by Gasteiger charge is -2.23. The van der Waals surface area contributed by atoms with Gasteiger partial charge in [0.05, 0.1) is 16.9 Å². The van der Waals surface area contributed by atoms with Gasteiger partial charge in [0.1, 0.15) is 12.4 Å². The molecular formula is C20H23F3N6O. The van der Waals surface area contributed by atoms with Crippen LogP contribution in [-0.4, -0.2) is 58.5 Å². The largest absolute Gasteiger partial charge is 0.406 e. The van der Waals surface area contributed by atoms with Crippen LogP contribution in [0.4, 0.5) is 24.9 Å². The molecule has 30 heavy (non-hydrogen) atoms. The molecule has 0 amide bonds. The molecule has 160 valence electrons.